The minimum atomic E-state index is -0.104. The zero-order chi connectivity index (χ0) is 17.8. The van der Waals surface area contributed by atoms with Crippen molar-refractivity contribution < 1.29 is 14.1 Å². The van der Waals surface area contributed by atoms with Gasteiger partial charge >= 0.3 is 0 Å². The first-order valence-electron chi connectivity index (χ1n) is 8.83. The highest BCUT2D eigenvalue weighted by atomic mass is 16.5. The first-order valence-corrected chi connectivity index (χ1v) is 8.83. The molecule has 1 aromatic heterocycles. The zero-order valence-electron chi connectivity index (χ0n) is 15.0. The van der Waals surface area contributed by atoms with Crippen molar-refractivity contribution in [2.75, 3.05) is 7.11 Å². The Bertz CT molecular complexity index is 737. The van der Waals surface area contributed by atoms with E-state index in [0.29, 0.717) is 31.1 Å². The molecule has 1 aliphatic carbocycles. The molecular weight excluding hydrogens is 318 g/mol. The molecule has 6 nitrogen and oxygen atoms in total. The van der Waals surface area contributed by atoms with Crippen LogP contribution in [-0.2, 0) is 11.2 Å². The van der Waals surface area contributed by atoms with Gasteiger partial charge in [-0.1, -0.05) is 22.9 Å². The van der Waals surface area contributed by atoms with Gasteiger partial charge in [-0.05, 0) is 39.2 Å². The minimum Gasteiger partial charge on any atom is -0.496 e. The smallest absolute Gasteiger partial charge is 0.226 e. The highest BCUT2D eigenvalue weighted by molar-refractivity contribution is 5.76. The van der Waals surface area contributed by atoms with Crippen molar-refractivity contribution in [2.24, 2.45) is 0 Å². The summed E-state index contributed by atoms with van der Waals surface area (Å²) in [7, 11) is 1.64. The molecule has 1 N–H and O–H groups in total. The molecule has 1 amide bonds. The number of aryl methyl sites for hydroxylation is 2. The summed E-state index contributed by atoms with van der Waals surface area (Å²) in [5.41, 5.74) is 2.13. The number of methoxy groups -OCH3 is 1. The number of carbonyl (C=O) groups is 1. The summed E-state index contributed by atoms with van der Waals surface area (Å²) in [6.07, 6.45) is 4.06. The lowest BCUT2D eigenvalue weighted by Gasteiger charge is -2.18. The Balaban J connectivity index is 1.47. The third-order valence-corrected chi connectivity index (χ3v) is 4.45. The van der Waals surface area contributed by atoms with Crippen LogP contribution in [0.25, 0.3) is 0 Å². The standard InChI is InChI=1S/C19H25N3O3/c1-12-7-10-16(24-3)15(11-12)13(2)20-17(23)5-4-6-18-21-19(22-25-18)14-8-9-14/h7,10-11,13-14H,4-6,8-9H2,1-3H3,(H,20,23)/t13-/m0/s1. The van der Waals surface area contributed by atoms with Crippen LogP contribution in [0.4, 0.5) is 0 Å². The highest BCUT2D eigenvalue weighted by Gasteiger charge is 2.28. The normalized spacial score (nSPS) is 15.0. The lowest BCUT2D eigenvalue weighted by molar-refractivity contribution is -0.121. The first kappa shape index (κ1) is 17.5. The maximum atomic E-state index is 12.2. The second-order valence-electron chi connectivity index (χ2n) is 6.71. The van der Waals surface area contributed by atoms with E-state index in [1.165, 1.54) is 0 Å². The third kappa shape index (κ3) is 4.59. The number of carbonyl (C=O) groups excluding carboxylic acids is 1. The molecule has 1 aromatic carbocycles. The van der Waals surface area contributed by atoms with E-state index in [9.17, 15) is 4.79 Å². The van der Waals surface area contributed by atoms with Crippen LogP contribution >= 0.6 is 0 Å². The van der Waals surface area contributed by atoms with Crippen LogP contribution < -0.4 is 10.1 Å². The van der Waals surface area contributed by atoms with Crippen molar-refractivity contribution in [3.05, 3.63) is 41.0 Å². The van der Waals surface area contributed by atoms with Crippen molar-refractivity contribution in [3.8, 4) is 5.75 Å². The maximum absolute atomic E-state index is 12.2. The van der Waals surface area contributed by atoms with E-state index in [4.69, 9.17) is 9.26 Å². The maximum Gasteiger partial charge on any atom is 0.226 e. The number of nitrogens with zero attached hydrogens (tertiary/aromatic N) is 2. The van der Waals surface area contributed by atoms with Gasteiger partial charge in [0.1, 0.15) is 5.75 Å². The molecule has 1 aliphatic rings. The SMILES string of the molecule is COc1ccc(C)cc1[C@H](C)NC(=O)CCCc1nc(C2CC2)no1. The van der Waals surface area contributed by atoms with Crippen LogP contribution in [0.3, 0.4) is 0 Å². The van der Waals surface area contributed by atoms with E-state index in [1.54, 1.807) is 7.11 Å². The fourth-order valence-corrected chi connectivity index (χ4v) is 2.86. The van der Waals surface area contributed by atoms with Gasteiger partial charge in [-0.2, -0.15) is 4.98 Å². The molecule has 134 valence electrons. The molecule has 6 heteroatoms. The van der Waals surface area contributed by atoms with Gasteiger partial charge in [0.2, 0.25) is 11.8 Å². The summed E-state index contributed by atoms with van der Waals surface area (Å²) in [6, 6.07) is 5.87. The van der Waals surface area contributed by atoms with E-state index in [0.717, 1.165) is 35.5 Å². The van der Waals surface area contributed by atoms with E-state index < -0.39 is 0 Å². The van der Waals surface area contributed by atoms with Crippen molar-refractivity contribution >= 4 is 5.91 Å². The Kier molecular flexibility index (Phi) is 5.36. The number of hydrogen-bond donors (Lipinski definition) is 1. The fraction of sp³-hybridized carbons (Fsp3) is 0.526. The summed E-state index contributed by atoms with van der Waals surface area (Å²) < 4.78 is 10.6. The van der Waals surface area contributed by atoms with Gasteiger partial charge in [0.05, 0.1) is 13.2 Å². The van der Waals surface area contributed by atoms with Crippen LogP contribution in [0, 0.1) is 6.92 Å². The molecule has 1 heterocycles. The summed E-state index contributed by atoms with van der Waals surface area (Å²) in [5.74, 6) is 2.74. The Morgan fingerprint density at radius 3 is 2.96 bits per heavy atom. The van der Waals surface area contributed by atoms with Crippen molar-refractivity contribution in [1.82, 2.24) is 15.5 Å². The van der Waals surface area contributed by atoms with Gasteiger partial charge in [-0.3, -0.25) is 4.79 Å². The van der Waals surface area contributed by atoms with E-state index in [-0.39, 0.29) is 11.9 Å². The lowest BCUT2D eigenvalue weighted by Crippen LogP contribution is -2.26. The number of nitrogens with one attached hydrogen (secondary N) is 1. The van der Waals surface area contributed by atoms with Crippen LogP contribution in [0.2, 0.25) is 0 Å². The summed E-state index contributed by atoms with van der Waals surface area (Å²) in [5, 5.41) is 7.02. The molecular formula is C19H25N3O3. The zero-order valence-corrected chi connectivity index (χ0v) is 15.0. The molecule has 3 rings (SSSR count). The molecule has 0 aliphatic heterocycles. The van der Waals surface area contributed by atoms with Crippen LogP contribution in [0.5, 0.6) is 5.75 Å². The summed E-state index contributed by atoms with van der Waals surface area (Å²) in [6.45, 7) is 3.99. The summed E-state index contributed by atoms with van der Waals surface area (Å²) >= 11 is 0. The Hall–Kier alpha value is -2.37. The van der Waals surface area contributed by atoms with Crippen LogP contribution in [0.1, 0.15) is 67.4 Å². The van der Waals surface area contributed by atoms with Gasteiger partial charge in [-0.15, -0.1) is 0 Å². The molecule has 0 radical (unpaired) electrons. The molecule has 0 bridgehead atoms. The lowest BCUT2D eigenvalue weighted by atomic mass is 10.0. The molecule has 0 saturated heterocycles. The average molecular weight is 343 g/mol. The molecule has 1 fully saturated rings. The number of benzene rings is 1. The topological polar surface area (TPSA) is 77.2 Å². The first-order chi connectivity index (χ1) is 12.1. The number of hydrogen-bond acceptors (Lipinski definition) is 5. The second kappa shape index (κ2) is 7.68. The number of aromatic nitrogens is 2. The van der Waals surface area contributed by atoms with E-state index in [1.807, 2.05) is 32.0 Å². The van der Waals surface area contributed by atoms with Gasteiger partial charge in [0, 0.05) is 24.3 Å². The molecule has 2 aromatic rings. The van der Waals surface area contributed by atoms with Crippen LogP contribution in [0.15, 0.2) is 22.7 Å². The van der Waals surface area contributed by atoms with E-state index >= 15 is 0 Å². The third-order valence-electron chi connectivity index (χ3n) is 4.45. The fourth-order valence-electron chi connectivity index (χ4n) is 2.86. The largest absolute Gasteiger partial charge is 0.496 e. The average Bonchev–Trinajstić information content (AvgIpc) is 3.34. The van der Waals surface area contributed by atoms with Gasteiger partial charge in [-0.25, -0.2) is 0 Å². The van der Waals surface area contributed by atoms with E-state index in [2.05, 4.69) is 15.5 Å². The van der Waals surface area contributed by atoms with Crippen molar-refractivity contribution in [3.63, 3.8) is 0 Å². The van der Waals surface area contributed by atoms with Gasteiger partial charge in [0.15, 0.2) is 5.82 Å². The monoisotopic (exact) mass is 343 g/mol. The Morgan fingerprint density at radius 1 is 1.44 bits per heavy atom. The minimum absolute atomic E-state index is 0.0120. The molecule has 0 spiro atoms. The van der Waals surface area contributed by atoms with Crippen LogP contribution in [-0.4, -0.2) is 23.2 Å². The number of rotatable bonds is 8. The quantitative estimate of drug-likeness (QED) is 0.794. The number of amides is 1. The highest BCUT2D eigenvalue weighted by Crippen LogP contribution is 2.38. The van der Waals surface area contributed by atoms with Crippen molar-refractivity contribution in [2.45, 2.75) is 57.9 Å². The molecule has 1 atom stereocenters. The Labute approximate surface area is 148 Å². The predicted octanol–water partition coefficient (Wildman–Crippen LogP) is 3.46. The van der Waals surface area contributed by atoms with Crippen molar-refractivity contribution in [1.29, 1.82) is 0 Å². The summed E-state index contributed by atoms with van der Waals surface area (Å²) in [4.78, 5) is 16.6. The molecule has 0 unspecified atom stereocenters. The number of ether oxygens (including phenoxy) is 1. The Morgan fingerprint density at radius 2 is 2.24 bits per heavy atom. The molecule has 25 heavy (non-hydrogen) atoms. The molecule has 1 saturated carbocycles. The van der Waals surface area contributed by atoms with Gasteiger partial charge in [0.25, 0.3) is 0 Å². The second-order valence-corrected chi connectivity index (χ2v) is 6.71. The van der Waals surface area contributed by atoms with Gasteiger partial charge < -0.3 is 14.6 Å². The predicted molar refractivity (Wildman–Crippen MR) is 93.5 cm³/mol.